The smallest absolute Gasteiger partial charge is 0.154 e. The zero-order valence-electron chi connectivity index (χ0n) is 11.0. The van der Waals surface area contributed by atoms with Crippen molar-refractivity contribution in [2.45, 2.75) is 27.2 Å². The minimum Gasteiger partial charge on any atom is -0.298 e. The van der Waals surface area contributed by atoms with Crippen LogP contribution in [0, 0.1) is 12.8 Å². The highest BCUT2D eigenvalue weighted by Gasteiger charge is 2.11. The van der Waals surface area contributed by atoms with Crippen molar-refractivity contribution in [2.24, 2.45) is 5.92 Å². The molecule has 0 saturated carbocycles. The van der Waals surface area contributed by atoms with Gasteiger partial charge in [0.2, 0.25) is 0 Å². The molecule has 1 aromatic carbocycles. The van der Waals surface area contributed by atoms with Crippen LogP contribution in [0.25, 0.3) is 11.3 Å². The Labute approximate surface area is 107 Å². The molecule has 1 heterocycles. The number of nitrogens with one attached hydrogen (secondary N) is 1. The summed E-state index contributed by atoms with van der Waals surface area (Å²) < 4.78 is 0. The van der Waals surface area contributed by atoms with Crippen LogP contribution in [0.5, 0.6) is 0 Å². The van der Waals surface area contributed by atoms with Gasteiger partial charge in [0.05, 0.1) is 5.56 Å². The molecule has 0 saturated heterocycles. The molecular weight excluding hydrogens is 224 g/mol. The highest BCUT2D eigenvalue weighted by molar-refractivity contribution is 5.87. The molecule has 0 spiro atoms. The molecule has 0 unspecified atom stereocenters. The first-order chi connectivity index (χ1) is 8.61. The fraction of sp³-hybridized carbons (Fsp3) is 0.333. The van der Waals surface area contributed by atoms with Crippen molar-refractivity contribution in [3.63, 3.8) is 0 Å². The van der Waals surface area contributed by atoms with E-state index >= 15 is 0 Å². The lowest BCUT2D eigenvalue weighted by atomic mass is 10.00. The van der Waals surface area contributed by atoms with E-state index in [1.807, 2.05) is 19.1 Å². The maximum absolute atomic E-state index is 11.0. The van der Waals surface area contributed by atoms with E-state index in [-0.39, 0.29) is 0 Å². The van der Waals surface area contributed by atoms with Gasteiger partial charge < -0.3 is 0 Å². The van der Waals surface area contributed by atoms with Gasteiger partial charge in [-0.05, 0) is 24.8 Å². The molecule has 3 nitrogen and oxygen atoms in total. The van der Waals surface area contributed by atoms with Gasteiger partial charge in [-0.25, -0.2) is 0 Å². The van der Waals surface area contributed by atoms with Crippen LogP contribution in [0.15, 0.2) is 24.3 Å². The van der Waals surface area contributed by atoms with Crippen molar-refractivity contribution in [1.82, 2.24) is 10.2 Å². The van der Waals surface area contributed by atoms with Gasteiger partial charge in [-0.1, -0.05) is 38.1 Å². The molecule has 0 amide bonds. The summed E-state index contributed by atoms with van der Waals surface area (Å²) in [4.78, 5) is 11.0. The van der Waals surface area contributed by atoms with Gasteiger partial charge in [-0.15, -0.1) is 0 Å². The molecule has 2 aromatic rings. The standard InChI is InChI=1S/C15H18N2O/c1-10(2)8-12-4-6-13(7-5-12)15-14(9-18)11(3)16-17-15/h4-7,9-10H,8H2,1-3H3,(H,16,17). The Kier molecular flexibility index (Phi) is 3.60. The molecular formula is C15H18N2O. The summed E-state index contributed by atoms with van der Waals surface area (Å²) in [6.45, 7) is 6.26. The van der Waals surface area contributed by atoms with E-state index in [1.165, 1.54) is 5.56 Å². The summed E-state index contributed by atoms with van der Waals surface area (Å²) in [6.07, 6.45) is 1.93. The predicted octanol–water partition coefficient (Wildman–Crippen LogP) is 3.40. The number of hydrogen-bond donors (Lipinski definition) is 1. The summed E-state index contributed by atoms with van der Waals surface area (Å²) in [5.41, 5.74) is 4.49. The number of rotatable bonds is 4. The molecule has 0 aliphatic rings. The van der Waals surface area contributed by atoms with Crippen LogP contribution in [0.3, 0.4) is 0 Å². The number of nitrogens with zero attached hydrogens (tertiary/aromatic N) is 1. The largest absolute Gasteiger partial charge is 0.298 e. The van der Waals surface area contributed by atoms with Crippen molar-refractivity contribution in [3.05, 3.63) is 41.1 Å². The third-order valence-electron chi connectivity index (χ3n) is 2.98. The van der Waals surface area contributed by atoms with Crippen LogP contribution in [0.2, 0.25) is 0 Å². The molecule has 1 N–H and O–H groups in total. The number of aromatic amines is 1. The van der Waals surface area contributed by atoms with Crippen LogP contribution in [-0.2, 0) is 6.42 Å². The molecule has 0 bridgehead atoms. The number of carbonyl (C=O) groups is 1. The Morgan fingerprint density at radius 3 is 2.50 bits per heavy atom. The van der Waals surface area contributed by atoms with E-state index in [1.54, 1.807) is 0 Å². The maximum atomic E-state index is 11.0. The topological polar surface area (TPSA) is 45.8 Å². The minimum absolute atomic E-state index is 0.645. The Morgan fingerprint density at radius 2 is 1.94 bits per heavy atom. The molecule has 2 rings (SSSR count). The third kappa shape index (κ3) is 2.50. The summed E-state index contributed by atoms with van der Waals surface area (Å²) in [7, 11) is 0. The second-order valence-corrected chi connectivity index (χ2v) is 5.02. The second-order valence-electron chi connectivity index (χ2n) is 5.02. The summed E-state index contributed by atoms with van der Waals surface area (Å²) >= 11 is 0. The molecule has 0 fully saturated rings. The molecule has 0 aliphatic heterocycles. The van der Waals surface area contributed by atoms with Crippen molar-refractivity contribution in [2.75, 3.05) is 0 Å². The van der Waals surface area contributed by atoms with Crippen molar-refractivity contribution in [3.8, 4) is 11.3 Å². The average Bonchev–Trinajstić information content (AvgIpc) is 2.70. The van der Waals surface area contributed by atoms with E-state index in [4.69, 9.17) is 0 Å². The molecule has 0 atom stereocenters. The SMILES string of the molecule is Cc1[nH]nc(-c2ccc(CC(C)C)cc2)c1C=O. The number of benzene rings is 1. The molecule has 3 heteroatoms. The fourth-order valence-electron chi connectivity index (χ4n) is 2.07. The van der Waals surface area contributed by atoms with E-state index in [2.05, 4.69) is 36.2 Å². The Morgan fingerprint density at radius 1 is 1.28 bits per heavy atom. The second kappa shape index (κ2) is 5.17. The fourth-order valence-corrected chi connectivity index (χ4v) is 2.07. The van der Waals surface area contributed by atoms with Gasteiger partial charge in [-0.2, -0.15) is 5.10 Å². The van der Waals surface area contributed by atoms with Gasteiger partial charge in [0, 0.05) is 11.3 Å². The number of aldehydes is 1. The lowest BCUT2D eigenvalue weighted by Gasteiger charge is -2.05. The highest BCUT2D eigenvalue weighted by atomic mass is 16.1. The molecule has 94 valence electrons. The Bertz CT molecular complexity index is 538. The van der Waals surface area contributed by atoms with Gasteiger partial charge in [0.25, 0.3) is 0 Å². The highest BCUT2D eigenvalue weighted by Crippen LogP contribution is 2.23. The van der Waals surface area contributed by atoms with Gasteiger partial charge >= 0.3 is 0 Å². The van der Waals surface area contributed by atoms with E-state index < -0.39 is 0 Å². The summed E-state index contributed by atoms with van der Waals surface area (Å²) in [5.74, 6) is 0.647. The Balaban J connectivity index is 2.31. The maximum Gasteiger partial charge on any atom is 0.154 e. The molecule has 18 heavy (non-hydrogen) atoms. The van der Waals surface area contributed by atoms with Crippen molar-refractivity contribution < 1.29 is 4.79 Å². The molecule has 1 aromatic heterocycles. The quantitative estimate of drug-likeness (QED) is 0.835. The van der Waals surface area contributed by atoms with E-state index in [9.17, 15) is 4.79 Å². The first-order valence-electron chi connectivity index (χ1n) is 6.21. The van der Waals surface area contributed by atoms with Crippen LogP contribution >= 0.6 is 0 Å². The van der Waals surface area contributed by atoms with Gasteiger partial charge in [-0.3, -0.25) is 9.89 Å². The van der Waals surface area contributed by atoms with Crippen LogP contribution in [-0.4, -0.2) is 16.5 Å². The predicted molar refractivity (Wildman–Crippen MR) is 72.7 cm³/mol. The van der Waals surface area contributed by atoms with E-state index in [0.717, 1.165) is 29.7 Å². The van der Waals surface area contributed by atoms with Crippen LogP contribution in [0.4, 0.5) is 0 Å². The van der Waals surface area contributed by atoms with Gasteiger partial charge in [0.15, 0.2) is 6.29 Å². The first kappa shape index (κ1) is 12.6. The lowest BCUT2D eigenvalue weighted by Crippen LogP contribution is -1.94. The minimum atomic E-state index is 0.645. The van der Waals surface area contributed by atoms with E-state index in [0.29, 0.717) is 11.5 Å². The first-order valence-corrected chi connectivity index (χ1v) is 6.21. The van der Waals surface area contributed by atoms with Crippen molar-refractivity contribution in [1.29, 1.82) is 0 Å². The molecule has 0 radical (unpaired) electrons. The zero-order valence-corrected chi connectivity index (χ0v) is 11.0. The van der Waals surface area contributed by atoms with Gasteiger partial charge in [0.1, 0.15) is 5.69 Å². The lowest BCUT2D eigenvalue weighted by molar-refractivity contribution is 0.112. The Hall–Kier alpha value is -1.90. The zero-order chi connectivity index (χ0) is 13.1. The third-order valence-corrected chi connectivity index (χ3v) is 2.98. The van der Waals surface area contributed by atoms with Crippen LogP contribution in [0.1, 0.15) is 35.5 Å². The summed E-state index contributed by atoms with van der Waals surface area (Å²) in [6, 6.07) is 8.27. The average molecular weight is 242 g/mol. The number of aryl methyl sites for hydroxylation is 1. The monoisotopic (exact) mass is 242 g/mol. The number of aromatic nitrogens is 2. The van der Waals surface area contributed by atoms with Crippen molar-refractivity contribution >= 4 is 6.29 Å². The normalized spacial score (nSPS) is 10.9. The number of H-pyrrole nitrogens is 1. The van der Waals surface area contributed by atoms with Crippen LogP contribution < -0.4 is 0 Å². The molecule has 0 aliphatic carbocycles. The number of carbonyl (C=O) groups excluding carboxylic acids is 1. The summed E-state index contributed by atoms with van der Waals surface area (Å²) in [5, 5.41) is 7.04. The number of hydrogen-bond acceptors (Lipinski definition) is 2.